The molecule has 0 radical (unpaired) electrons. The summed E-state index contributed by atoms with van der Waals surface area (Å²) in [5.74, 6) is -0.660. The monoisotopic (exact) mass is 487 g/mol. The van der Waals surface area contributed by atoms with Crippen LogP contribution in [-0.2, 0) is 11.3 Å². The maximum Gasteiger partial charge on any atom is 0.341 e. The molecule has 2 N–H and O–H groups in total. The standard InChI is InChI=1S/C20H23Cl2N3O3S2/c1-5-25(6-2)18(26)16-11(3)15(19(27)28-4)17(30-16)24-20(29)23-10-12-7-8-13(21)14(22)9-12/h7-9H,5-6,10H2,1-4H3,(H2,23,24,29). The lowest BCUT2D eigenvalue weighted by Crippen LogP contribution is -2.30. The Balaban J connectivity index is 2.23. The van der Waals surface area contributed by atoms with Crippen molar-refractivity contribution in [2.45, 2.75) is 27.3 Å². The summed E-state index contributed by atoms with van der Waals surface area (Å²) < 4.78 is 4.91. The quantitative estimate of drug-likeness (QED) is 0.417. The van der Waals surface area contributed by atoms with E-state index in [2.05, 4.69) is 10.6 Å². The Labute approximate surface area is 195 Å². The summed E-state index contributed by atoms with van der Waals surface area (Å²) in [4.78, 5) is 27.4. The minimum Gasteiger partial charge on any atom is -0.465 e. The van der Waals surface area contributed by atoms with Gasteiger partial charge >= 0.3 is 5.97 Å². The number of carbonyl (C=O) groups excluding carboxylic acids is 2. The van der Waals surface area contributed by atoms with E-state index in [1.54, 1.807) is 24.0 Å². The molecule has 0 fully saturated rings. The number of esters is 1. The maximum absolute atomic E-state index is 12.8. The zero-order chi connectivity index (χ0) is 22.4. The number of hydrogen-bond acceptors (Lipinski definition) is 5. The fraction of sp³-hybridized carbons (Fsp3) is 0.350. The highest BCUT2D eigenvalue weighted by Gasteiger charge is 2.27. The van der Waals surface area contributed by atoms with E-state index in [9.17, 15) is 9.59 Å². The van der Waals surface area contributed by atoms with Crippen LogP contribution in [0, 0.1) is 6.92 Å². The summed E-state index contributed by atoms with van der Waals surface area (Å²) in [6.07, 6.45) is 0. The van der Waals surface area contributed by atoms with Crippen molar-refractivity contribution in [3.8, 4) is 0 Å². The molecule has 1 heterocycles. The summed E-state index contributed by atoms with van der Waals surface area (Å²) in [5, 5.41) is 7.77. The smallest absolute Gasteiger partial charge is 0.341 e. The first-order chi connectivity index (χ1) is 14.2. The molecular weight excluding hydrogens is 465 g/mol. The van der Waals surface area contributed by atoms with Gasteiger partial charge in [0.15, 0.2) is 5.11 Å². The van der Waals surface area contributed by atoms with Crippen molar-refractivity contribution in [2.75, 3.05) is 25.5 Å². The molecule has 30 heavy (non-hydrogen) atoms. The normalized spacial score (nSPS) is 10.5. The lowest BCUT2D eigenvalue weighted by atomic mass is 10.1. The van der Waals surface area contributed by atoms with Gasteiger partial charge in [0.05, 0.1) is 27.6 Å². The predicted molar refractivity (Wildman–Crippen MR) is 127 cm³/mol. The zero-order valence-electron chi connectivity index (χ0n) is 17.1. The van der Waals surface area contributed by atoms with Gasteiger partial charge in [0.1, 0.15) is 5.00 Å². The van der Waals surface area contributed by atoms with Crippen LogP contribution in [0.3, 0.4) is 0 Å². The van der Waals surface area contributed by atoms with Crippen LogP contribution >= 0.6 is 46.8 Å². The van der Waals surface area contributed by atoms with Gasteiger partial charge in [-0.15, -0.1) is 11.3 Å². The topological polar surface area (TPSA) is 70.7 Å². The number of halogens is 2. The number of rotatable bonds is 7. The number of thiocarbonyl (C=S) groups is 1. The van der Waals surface area contributed by atoms with Crippen molar-refractivity contribution in [3.05, 3.63) is 49.8 Å². The van der Waals surface area contributed by atoms with Crippen molar-refractivity contribution in [1.29, 1.82) is 0 Å². The number of methoxy groups -OCH3 is 1. The Morgan fingerprint density at radius 2 is 1.87 bits per heavy atom. The van der Waals surface area contributed by atoms with Crippen molar-refractivity contribution >= 4 is 68.7 Å². The number of nitrogens with zero attached hydrogens (tertiary/aromatic N) is 1. The molecule has 0 atom stereocenters. The van der Waals surface area contributed by atoms with Gasteiger partial charge in [0, 0.05) is 19.6 Å². The Morgan fingerprint density at radius 1 is 1.20 bits per heavy atom. The lowest BCUT2D eigenvalue weighted by molar-refractivity contribution is 0.0601. The highest BCUT2D eigenvalue weighted by Crippen LogP contribution is 2.34. The first-order valence-corrected chi connectivity index (χ1v) is 11.2. The molecule has 0 bridgehead atoms. The molecule has 0 unspecified atom stereocenters. The fourth-order valence-corrected chi connectivity index (χ4v) is 4.51. The number of anilines is 1. The van der Waals surface area contributed by atoms with E-state index in [0.29, 0.717) is 55.8 Å². The van der Waals surface area contributed by atoms with Gasteiger partial charge < -0.3 is 20.3 Å². The molecule has 1 aromatic carbocycles. The van der Waals surface area contributed by atoms with E-state index in [1.807, 2.05) is 19.9 Å². The zero-order valence-corrected chi connectivity index (χ0v) is 20.2. The van der Waals surface area contributed by atoms with E-state index in [0.717, 1.165) is 5.56 Å². The molecule has 0 saturated carbocycles. The number of hydrogen-bond donors (Lipinski definition) is 2. The summed E-state index contributed by atoms with van der Waals surface area (Å²) >= 11 is 18.5. The molecule has 0 saturated heterocycles. The Bertz CT molecular complexity index is 959. The third kappa shape index (κ3) is 5.63. The average Bonchev–Trinajstić information content (AvgIpc) is 3.04. The van der Waals surface area contributed by atoms with Gasteiger partial charge in [0.25, 0.3) is 5.91 Å². The molecule has 1 aromatic heterocycles. The predicted octanol–water partition coefficient (Wildman–Crippen LogP) is 5.12. The Morgan fingerprint density at radius 3 is 2.43 bits per heavy atom. The van der Waals surface area contributed by atoms with Gasteiger partial charge in [-0.3, -0.25) is 4.79 Å². The summed E-state index contributed by atoms with van der Waals surface area (Å²) in [5.41, 5.74) is 1.76. The first-order valence-electron chi connectivity index (χ1n) is 9.23. The lowest BCUT2D eigenvalue weighted by Gasteiger charge is -2.17. The number of carbonyl (C=O) groups is 2. The number of thiophene rings is 1. The van der Waals surface area contributed by atoms with E-state index < -0.39 is 5.97 Å². The van der Waals surface area contributed by atoms with Gasteiger partial charge in [-0.25, -0.2) is 4.79 Å². The average molecular weight is 488 g/mol. The number of amides is 1. The van der Waals surface area contributed by atoms with Crippen LogP contribution in [0.1, 0.15) is 45.0 Å². The van der Waals surface area contributed by atoms with Gasteiger partial charge in [-0.2, -0.15) is 0 Å². The second-order valence-electron chi connectivity index (χ2n) is 6.29. The molecule has 2 aromatic rings. The highest BCUT2D eigenvalue weighted by molar-refractivity contribution is 7.80. The largest absolute Gasteiger partial charge is 0.465 e. The van der Waals surface area contributed by atoms with E-state index in [1.165, 1.54) is 18.4 Å². The van der Waals surface area contributed by atoms with Crippen LogP contribution in [0.15, 0.2) is 18.2 Å². The Kier molecular flexibility index (Phi) is 8.91. The number of ether oxygens (including phenoxy) is 1. The van der Waals surface area contributed by atoms with Crippen molar-refractivity contribution < 1.29 is 14.3 Å². The van der Waals surface area contributed by atoms with Crippen molar-refractivity contribution in [3.63, 3.8) is 0 Å². The van der Waals surface area contributed by atoms with Crippen molar-refractivity contribution in [1.82, 2.24) is 10.2 Å². The van der Waals surface area contributed by atoms with Crippen LogP contribution in [0.4, 0.5) is 5.00 Å². The fourth-order valence-electron chi connectivity index (χ4n) is 2.79. The number of nitrogens with one attached hydrogen (secondary N) is 2. The van der Waals surface area contributed by atoms with Crippen molar-refractivity contribution in [2.24, 2.45) is 0 Å². The third-order valence-electron chi connectivity index (χ3n) is 4.45. The molecule has 0 aliphatic carbocycles. The second-order valence-corrected chi connectivity index (χ2v) is 8.53. The number of benzene rings is 1. The SMILES string of the molecule is CCN(CC)C(=O)c1sc(NC(=S)NCc2ccc(Cl)c(Cl)c2)c(C(=O)OC)c1C. The minimum atomic E-state index is -0.530. The summed E-state index contributed by atoms with van der Waals surface area (Å²) in [6, 6.07) is 5.29. The molecular formula is C20H23Cl2N3O3S2. The minimum absolute atomic E-state index is 0.129. The molecule has 10 heteroatoms. The first kappa shape index (κ1) is 24.4. The molecule has 0 aliphatic rings. The maximum atomic E-state index is 12.8. The summed E-state index contributed by atoms with van der Waals surface area (Å²) in [7, 11) is 1.30. The van der Waals surface area contributed by atoms with Crippen LogP contribution in [0.25, 0.3) is 0 Å². The van der Waals surface area contributed by atoms with Gasteiger partial charge in [0.2, 0.25) is 0 Å². The van der Waals surface area contributed by atoms with Crippen LogP contribution in [0.2, 0.25) is 10.0 Å². The van der Waals surface area contributed by atoms with Gasteiger partial charge in [-0.05, 0) is 56.2 Å². The van der Waals surface area contributed by atoms with Crippen LogP contribution < -0.4 is 10.6 Å². The molecule has 162 valence electrons. The van der Waals surface area contributed by atoms with E-state index in [4.69, 9.17) is 40.2 Å². The molecule has 6 nitrogen and oxygen atoms in total. The highest BCUT2D eigenvalue weighted by atomic mass is 35.5. The van der Waals surface area contributed by atoms with E-state index >= 15 is 0 Å². The van der Waals surface area contributed by atoms with Gasteiger partial charge in [-0.1, -0.05) is 29.3 Å². The molecule has 1 amide bonds. The summed E-state index contributed by atoms with van der Waals surface area (Å²) in [6.45, 7) is 7.11. The van der Waals surface area contributed by atoms with E-state index in [-0.39, 0.29) is 5.91 Å². The third-order valence-corrected chi connectivity index (χ3v) is 6.63. The Hall–Kier alpha value is -1.87. The van der Waals surface area contributed by atoms with Crippen LogP contribution in [0.5, 0.6) is 0 Å². The molecule has 0 aliphatic heterocycles. The molecule has 2 rings (SSSR count). The van der Waals surface area contributed by atoms with Crippen LogP contribution in [-0.4, -0.2) is 42.1 Å². The molecule has 0 spiro atoms. The second kappa shape index (κ2) is 10.9.